The second kappa shape index (κ2) is 5.53. The highest BCUT2D eigenvalue weighted by Crippen LogP contribution is 2.37. The van der Waals surface area contributed by atoms with E-state index in [0.717, 1.165) is 17.0 Å². The highest BCUT2D eigenvalue weighted by atomic mass is 19.4. The second-order valence-electron chi connectivity index (χ2n) is 5.27. The summed E-state index contributed by atoms with van der Waals surface area (Å²) in [6.07, 6.45) is -2.43. The summed E-state index contributed by atoms with van der Waals surface area (Å²) in [5.41, 5.74) is 1.85. The van der Waals surface area contributed by atoms with Gasteiger partial charge in [-0.3, -0.25) is 0 Å². The number of aromatic nitrogens is 1. The van der Waals surface area contributed by atoms with E-state index in [9.17, 15) is 13.2 Å². The molecule has 1 aromatic heterocycles. The summed E-state index contributed by atoms with van der Waals surface area (Å²) in [4.78, 5) is 0. The normalized spacial score (nSPS) is 24.7. The third-order valence-electron chi connectivity index (χ3n) is 3.94. The number of nitrogens with one attached hydrogen (secondary N) is 1. The molecule has 1 aliphatic rings. The van der Waals surface area contributed by atoms with Gasteiger partial charge in [-0.2, -0.15) is 13.2 Å². The molecule has 0 aromatic carbocycles. The van der Waals surface area contributed by atoms with Gasteiger partial charge in [0.05, 0.1) is 11.6 Å². The zero-order valence-electron chi connectivity index (χ0n) is 11.2. The largest absolute Gasteiger partial charge is 0.391 e. The van der Waals surface area contributed by atoms with Crippen LogP contribution in [0.5, 0.6) is 0 Å². The maximum absolute atomic E-state index is 12.5. The molecule has 1 heterocycles. The van der Waals surface area contributed by atoms with Gasteiger partial charge in [0, 0.05) is 18.2 Å². The average molecular weight is 276 g/mol. The second-order valence-corrected chi connectivity index (χ2v) is 5.27. The predicted octanol–water partition coefficient (Wildman–Crippen LogP) is 3.50. The smallest absolute Gasteiger partial charge is 0.361 e. The average Bonchev–Trinajstić information content (AvgIpc) is 2.66. The SMILES string of the molecule is Cc1noc(C)c1CNC1CCC(C(F)(F)F)CC1. The molecule has 0 atom stereocenters. The molecule has 6 heteroatoms. The Kier molecular flexibility index (Phi) is 4.18. The van der Waals surface area contributed by atoms with Crippen LogP contribution in [-0.2, 0) is 6.54 Å². The molecular formula is C13H19F3N2O. The van der Waals surface area contributed by atoms with Crippen molar-refractivity contribution in [1.29, 1.82) is 0 Å². The van der Waals surface area contributed by atoms with E-state index in [1.807, 2.05) is 13.8 Å². The van der Waals surface area contributed by atoms with E-state index in [2.05, 4.69) is 10.5 Å². The Morgan fingerprint density at radius 2 is 1.84 bits per heavy atom. The van der Waals surface area contributed by atoms with Crippen LogP contribution in [0.25, 0.3) is 0 Å². The van der Waals surface area contributed by atoms with Gasteiger partial charge in [-0.1, -0.05) is 5.16 Å². The number of nitrogens with zero attached hydrogens (tertiary/aromatic N) is 1. The number of halogens is 3. The maximum Gasteiger partial charge on any atom is 0.391 e. The molecule has 0 aliphatic heterocycles. The fourth-order valence-corrected chi connectivity index (χ4v) is 2.63. The van der Waals surface area contributed by atoms with Gasteiger partial charge in [0.2, 0.25) is 0 Å². The van der Waals surface area contributed by atoms with Crippen LogP contribution in [0.1, 0.15) is 42.7 Å². The van der Waals surface area contributed by atoms with Crippen molar-refractivity contribution < 1.29 is 17.7 Å². The number of rotatable bonds is 3. The lowest BCUT2D eigenvalue weighted by Gasteiger charge is -2.30. The fraction of sp³-hybridized carbons (Fsp3) is 0.769. The minimum absolute atomic E-state index is 0.160. The highest BCUT2D eigenvalue weighted by molar-refractivity contribution is 5.20. The molecule has 0 radical (unpaired) electrons. The van der Waals surface area contributed by atoms with E-state index in [1.165, 1.54) is 0 Å². The van der Waals surface area contributed by atoms with E-state index < -0.39 is 12.1 Å². The molecule has 0 saturated heterocycles. The van der Waals surface area contributed by atoms with Gasteiger partial charge in [0.15, 0.2) is 0 Å². The summed E-state index contributed by atoms with van der Waals surface area (Å²) in [5, 5.41) is 7.17. The molecule has 19 heavy (non-hydrogen) atoms. The Morgan fingerprint density at radius 3 is 2.32 bits per heavy atom. The number of aryl methyl sites for hydroxylation is 2. The van der Waals surface area contributed by atoms with Crippen LogP contribution < -0.4 is 5.32 Å². The first-order chi connectivity index (χ1) is 8.88. The Morgan fingerprint density at radius 1 is 1.21 bits per heavy atom. The minimum atomic E-state index is -4.04. The quantitative estimate of drug-likeness (QED) is 0.918. The van der Waals surface area contributed by atoms with Crippen molar-refractivity contribution in [1.82, 2.24) is 10.5 Å². The summed E-state index contributed by atoms with van der Waals surface area (Å²) < 4.78 is 42.7. The molecule has 1 saturated carbocycles. The van der Waals surface area contributed by atoms with Crippen LogP contribution in [0.4, 0.5) is 13.2 Å². The lowest BCUT2D eigenvalue weighted by molar-refractivity contribution is -0.182. The van der Waals surface area contributed by atoms with Gasteiger partial charge in [-0.25, -0.2) is 0 Å². The van der Waals surface area contributed by atoms with E-state index in [1.54, 1.807) is 0 Å². The maximum atomic E-state index is 12.5. The van der Waals surface area contributed by atoms with Crippen molar-refractivity contribution in [3.63, 3.8) is 0 Å². The molecule has 0 bridgehead atoms. The van der Waals surface area contributed by atoms with Crippen LogP contribution in [0.15, 0.2) is 4.52 Å². The highest BCUT2D eigenvalue weighted by Gasteiger charge is 2.41. The van der Waals surface area contributed by atoms with E-state index in [4.69, 9.17) is 4.52 Å². The van der Waals surface area contributed by atoms with Gasteiger partial charge < -0.3 is 9.84 Å². The van der Waals surface area contributed by atoms with Crippen molar-refractivity contribution in [3.8, 4) is 0 Å². The molecule has 2 rings (SSSR count). The van der Waals surface area contributed by atoms with Crippen molar-refractivity contribution in [2.45, 2.75) is 58.3 Å². The van der Waals surface area contributed by atoms with Gasteiger partial charge in [0.1, 0.15) is 5.76 Å². The Labute approximate surface area is 110 Å². The lowest BCUT2D eigenvalue weighted by atomic mass is 9.85. The number of hydrogen-bond donors (Lipinski definition) is 1. The molecule has 0 amide bonds. The topological polar surface area (TPSA) is 38.1 Å². The zero-order valence-corrected chi connectivity index (χ0v) is 11.2. The van der Waals surface area contributed by atoms with Crippen molar-refractivity contribution in [2.24, 2.45) is 5.92 Å². The summed E-state index contributed by atoms with van der Waals surface area (Å²) in [6, 6.07) is 0.160. The Bertz CT molecular complexity index is 401. The summed E-state index contributed by atoms with van der Waals surface area (Å²) >= 11 is 0. The first-order valence-corrected chi connectivity index (χ1v) is 6.59. The lowest BCUT2D eigenvalue weighted by Crippen LogP contribution is -2.36. The van der Waals surface area contributed by atoms with Crippen LogP contribution in [0.3, 0.4) is 0 Å². The minimum Gasteiger partial charge on any atom is -0.361 e. The first kappa shape index (κ1) is 14.4. The van der Waals surface area contributed by atoms with Crippen molar-refractivity contribution >= 4 is 0 Å². The molecule has 1 fully saturated rings. The third-order valence-corrected chi connectivity index (χ3v) is 3.94. The third kappa shape index (κ3) is 3.49. The van der Waals surface area contributed by atoms with Crippen molar-refractivity contribution in [3.05, 3.63) is 17.0 Å². The van der Waals surface area contributed by atoms with Crippen LogP contribution >= 0.6 is 0 Å². The molecule has 1 aromatic rings. The van der Waals surface area contributed by atoms with Gasteiger partial charge >= 0.3 is 6.18 Å². The van der Waals surface area contributed by atoms with E-state index in [0.29, 0.717) is 19.4 Å². The monoisotopic (exact) mass is 276 g/mol. The summed E-state index contributed by atoms with van der Waals surface area (Å²) in [7, 11) is 0. The van der Waals surface area contributed by atoms with Crippen LogP contribution in [0, 0.1) is 19.8 Å². The van der Waals surface area contributed by atoms with E-state index in [-0.39, 0.29) is 18.9 Å². The number of hydrogen-bond acceptors (Lipinski definition) is 3. The first-order valence-electron chi connectivity index (χ1n) is 6.59. The van der Waals surface area contributed by atoms with Crippen molar-refractivity contribution in [2.75, 3.05) is 0 Å². The standard InChI is InChI=1S/C13H19F3N2O/c1-8-12(9(2)19-18-8)7-17-11-5-3-10(4-6-11)13(14,15)16/h10-11,17H,3-7H2,1-2H3. The fourth-order valence-electron chi connectivity index (χ4n) is 2.63. The molecule has 1 aliphatic carbocycles. The van der Waals surface area contributed by atoms with Crippen LogP contribution in [0.2, 0.25) is 0 Å². The van der Waals surface area contributed by atoms with E-state index >= 15 is 0 Å². The summed E-state index contributed by atoms with van der Waals surface area (Å²) in [6.45, 7) is 4.33. The molecule has 1 N–H and O–H groups in total. The molecule has 0 spiro atoms. The van der Waals surface area contributed by atoms with Gasteiger partial charge in [-0.05, 0) is 39.5 Å². The Balaban J connectivity index is 1.81. The molecule has 3 nitrogen and oxygen atoms in total. The predicted molar refractivity (Wildman–Crippen MR) is 64.6 cm³/mol. The molecule has 0 unspecified atom stereocenters. The van der Waals surface area contributed by atoms with Gasteiger partial charge in [-0.15, -0.1) is 0 Å². The Hall–Kier alpha value is -1.04. The van der Waals surface area contributed by atoms with Crippen LogP contribution in [-0.4, -0.2) is 17.4 Å². The molecular weight excluding hydrogens is 257 g/mol. The summed E-state index contributed by atoms with van der Waals surface area (Å²) in [5.74, 6) is -0.349. The van der Waals surface area contributed by atoms with Gasteiger partial charge in [0.25, 0.3) is 0 Å². The zero-order chi connectivity index (χ0) is 14.0. The number of alkyl halides is 3. The molecule has 108 valence electrons.